The zero-order chi connectivity index (χ0) is 43.4. The summed E-state index contributed by atoms with van der Waals surface area (Å²) in [5, 5.41) is 2.95. The van der Waals surface area contributed by atoms with Crippen LogP contribution in [0.5, 0.6) is 0 Å². The van der Waals surface area contributed by atoms with E-state index >= 15 is 0 Å². The van der Waals surface area contributed by atoms with Crippen molar-refractivity contribution in [2.45, 2.75) is 127 Å². The predicted octanol–water partition coefficient (Wildman–Crippen LogP) is 9.78. The van der Waals surface area contributed by atoms with Crippen molar-refractivity contribution in [1.82, 2.24) is 5.32 Å². The minimum absolute atomic E-state index is 0.0189. The normalized spacial score (nSPS) is 20.2. The maximum Gasteiger partial charge on any atom is 0.460 e. The molecule has 318 valence electrons. The highest BCUT2D eigenvalue weighted by atomic mass is 19.4. The van der Waals surface area contributed by atoms with Gasteiger partial charge in [-0.3, -0.25) is 4.79 Å². The predicted molar refractivity (Wildman–Crippen MR) is 152 cm³/mol. The van der Waals surface area contributed by atoms with Gasteiger partial charge in [0.05, 0.1) is 6.61 Å². The summed E-state index contributed by atoms with van der Waals surface area (Å²) in [7, 11) is 0. The van der Waals surface area contributed by atoms with Crippen LogP contribution in [0.4, 0.5) is 79.4 Å². The topological polar surface area (TPSA) is 90.9 Å². The van der Waals surface area contributed by atoms with Crippen LogP contribution in [-0.4, -0.2) is 91.5 Å². The molecular formula is C30H38F17NO6. The van der Waals surface area contributed by atoms with Gasteiger partial charge in [-0.2, -0.15) is 74.6 Å². The zero-order valence-corrected chi connectivity index (χ0v) is 29.3. The first-order chi connectivity index (χ1) is 23.7. The highest BCUT2D eigenvalue weighted by Crippen LogP contribution is 2.63. The molecule has 0 aromatic carbocycles. The average Bonchev–Trinajstić information content (AvgIpc) is 2.95. The lowest BCUT2D eigenvalue weighted by Crippen LogP contribution is -2.74. The number of carbonyl (C=O) groups excluding carboxylic acids is 3. The Morgan fingerprint density at radius 1 is 0.685 bits per heavy atom. The number of esters is 2. The van der Waals surface area contributed by atoms with Crippen LogP contribution >= 0.6 is 0 Å². The van der Waals surface area contributed by atoms with Crippen molar-refractivity contribution < 1.29 is 103 Å². The SMILES string of the molecule is C=C(C)C(=O)OCCOC(=O)CCC1(C)CC(NC(=O)OCC)CC(C)(C)C1.CC(F)(F)C(F)(F)C(F)(F)C(F)(F)C(F)(F)C(F)(F)C(F)(F)C(F)(F)F. The van der Waals surface area contributed by atoms with Gasteiger partial charge in [0.2, 0.25) is 0 Å². The molecule has 0 spiro atoms. The summed E-state index contributed by atoms with van der Waals surface area (Å²) in [5.41, 5.74) is 0.278. The number of amides is 1. The third kappa shape index (κ3) is 11.2. The van der Waals surface area contributed by atoms with Crippen molar-refractivity contribution in [1.29, 1.82) is 0 Å². The van der Waals surface area contributed by atoms with E-state index in [1.807, 2.05) is 0 Å². The fourth-order valence-electron chi connectivity index (χ4n) is 5.40. The maximum absolute atomic E-state index is 12.9. The molecule has 1 fully saturated rings. The Bertz CT molecular complexity index is 1280. The minimum atomic E-state index is -8.56. The van der Waals surface area contributed by atoms with E-state index in [0.717, 1.165) is 19.3 Å². The van der Waals surface area contributed by atoms with E-state index in [0.29, 0.717) is 18.6 Å². The highest BCUT2D eigenvalue weighted by Gasteiger charge is 2.94. The summed E-state index contributed by atoms with van der Waals surface area (Å²) in [5.74, 6) is -56.5. The van der Waals surface area contributed by atoms with Crippen LogP contribution in [0.3, 0.4) is 0 Å². The number of hydrogen-bond donors (Lipinski definition) is 1. The van der Waals surface area contributed by atoms with Gasteiger partial charge in [-0.05, 0) is 50.4 Å². The van der Waals surface area contributed by atoms with Crippen LogP contribution in [0, 0.1) is 10.8 Å². The number of halogens is 17. The lowest BCUT2D eigenvalue weighted by Gasteiger charge is -2.46. The molecule has 0 saturated heterocycles. The molecule has 1 N–H and O–H groups in total. The second-order valence-corrected chi connectivity index (χ2v) is 13.6. The molecule has 54 heavy (non-hydrogen) atoms. The number of rotatable bonds is 15. The molecule has 0 radical (unpaired) electrons. The third-order valence-electron chi connectivity index (χ3n) is 7.78. The van der Waals surface area contributed by atoms with Crippen LogP contribution in [0.2, 0.25) is 0 Å². The standard InChI is InChI=1S/C21H35NO6.C9H3F17/c1-7-26-19(25)22-16-12-20(4,5)14-21(6,13-16)9-8-17(23)27-10-11-28-18(24)15(2)3;1-2(10,11)3(12,13)4(14,15)5(16,17)6(18,19)7(20,21)8(22,23)9(24,25)26/h16H,2,7-14H2,1,3-6H3,(H,22,25);1H3. The van der Waals surface area contributed by atoms with Gasteiger partial charge in [0.15, 0.2) is 0 Å². The number of hydrogen-bond acceptors (Lipinski definition) is 6. The summed E-state index contributed by atoms with van der Waals surface area (Å²) in [6, 6.07) is 0.0189. The van der Waals surface area contributed by atoms with E-state index in [1.54, 1.807) is 13.8 Å². The van der Waals surface area contributed by atoms with Crippen molar-refractivity contribution in [3.63, 3.8) is 0 Å². The Hall–Kier alpha value is -3.24. The van der Waals surface area contributed by atoms with Crippen LogP contribution in [0.15, 0.2) is 12.2 Å². The minimum Gasteiger partial charge on any atom is -0.462 e. The van der Waals surface area contributed by atoms with Crippen molar-refractivity contribution in [2.75, 3.05) is 19.8 Å². The molecule has 24 heteroatoms. The fraction of sp³-hybridized carbons (Fsp3) is 0.833. The van der Waals surface area contributed by atoms with Gasteiger partial charge in [-0.25, -0.2) is 9.59 Å². The Balaban J connectivity index is 0.00000104. The molecule has 2 atom stereocenters. The van der Waals surface area contributed by atoms with Crippen molar-refractivity contribution in [2.24, 2.45) is 10.8 Å². The van der Waals surface area contributed by atoms with E-state index in [4.69, 9.17) is 14.2 Å². The summed E-state index contributed by atoms with van der Waals surface area (Å²) in [4.78, 5) is 35.1. The zero-order valence-electron chi connectivity index (χ0n) is 29.3. The van der Waals surface area contributed by atoms with E-state index in [2.05, 4.69) is 32.7 Å². The largest absolute Gasteiger partial charge is 0.462 e. The first-order valence-electron chi connectivity index (χ1n) is 15.3. The Morgan fingerprint density at radius 3 is 1.52 bits per heavy atom. The molecule has 1 aliphatic rings. The van der Waals surface area contributed by atoms with Gasteiger partial charge in [0.25, 0.3) is 0 Å². The molecule has 0 aromatic heterocycles. The number of ether oxygens (including phenoxy) is 3. The maximum atomic E-state index is 12.9. The van der Waals surface area contributed by atoms with Gasteiger partial charge >= 0.3 is 65.7 Å². The Kier molecular flexibility index (Phi) is 15.9. The van der Waals surface area contributed by atoms with Crippen molar-refractivity contribution in [3.8, 4) is 0 Å². The molecule has 1 rings (SSSR count). The molecular weight excluding hydrogens is 793 g/mol. The molecule has 2 unspecified atom stereocenters. The molecule has 0 heterocycles. The molecule has 0 bridgehead atoms. The van der Waals surface area contributed by atoms with Gasteiger partial charge < -0.3 is 19.5 Å². The van der Waals surface area contributed by atoms with Gasteiger partial charge in [0.1, 0.15) is 13.2 Å². The Labute approximate surface area is 297 Å². The quantitative estimate of drug-likeness (QED) is 0.0582. The molecule has 1 aliphatic carbocycles. The van der Waals surface area contributed by atoms with E-state index in [9.17, 15) is 89.0 Å². The first-order valence-corrected chi connectivity index (χ1v) is 15.3. The fourth-order valence-corrected chi connectivity index (χ4v) is 5.40. The van der Waals surface area contributed by atoms with Gasteiger partial charge in [0, 0.05) is 25.0 Å². The summed E-state index contributed by atoms with van der Waals surface area (Å²) in [6.07, 6.45) is -4.54. The second kappa shape index (κ2) is 16.9. The number of nitrogens with one attached hydrogen (secondary N) is 1. The van der Waals surface area contributed by atoms with Crippen molar-refractivity contribution in [3.05, 3.63) is 12.2 Å². The van der Waals surface area contributed by atoms with Gasteiger partial charge in [-0.15, -0.1) is 0 Å². The smallest absolute Gasteiger partial charge is 0.460 e. The van der Waals surface area contributed by atoms with Gasteiger partial charge in [-0.1, -0.05) is 27.4 Å². The summed E-state index contributed by atoms with van der Waals surface area (Å²) in [6.45, 7) is 12.5. The van der Waals surface area contributed by atoms with Crippen LogP contribution < -0.4 is 5.32 Å². The first kappa shape index (κ1) is 50.8. The average molecular weight is 832 g/mol. The summed E-state index contributed by atoms with van der Waals surface area (Å²) < 4.78 is 228. The van der Waals surface area contributed by atoms with E-state index in [1.165, 1.54) is 0 Å². The number of alkyl carbamates (subject to hydrolysis) is 1. The lowest BCUT2D eigenvalue weighted by atomic mass is 9.61. The van der Waals surface area contributed by atoms with Crippen molar-refractivity contribution >= 4 is 18.0 Å². The summed E-state index contributed by atoms with van der Waals surface area (Å²) >= 11 is 0. The second-order valence-electron chi connectivity index (χ2n) is 13.6. The molecule has 1 amide bonds. The number of alkyl halides is 17. The number of carbonyl (C=O) groups is 3. The lowest BCUT2D eigenvalue weighted by molar-refractivity contribution is -0.460. The van der Waals surface area contributed by atoms with Crippen LogP contribution in [0.1, 0.15) is 73.6 Å². The Morgan fingerprint density at radius 2 is 1.11 bits per heavy atom. The van der Waals surface area contributed by atoms with E-state index in [-0.39, 0.29) is 42.5 Å². The highest BCUT2D eigenvalue weighted by molar-refractivity contribution is 5.86. The monoisotopic (exact) mass is 831 g/mol. The molecule has 0 aliphatic heterocycles. The van der Waals surface area contributed by atoms with E-state index < -0.39 is 66.6 Å². The molecule has 1 saturated carbocycles. The van der Waals surface area contributed by atoms with Crippen LogP contribution in [-0.2, 0) is 23.8 Å². The third-order valence-corrected chi connectivity index (χ3v) is 7.78. The van der Waals surface area contributed by atoms with Crippen LogP contribution in [0.25, 0.3) is 0 Å². The molecule has 7 nitrogen and oxygen atoms in total. The molecule has 0 aromatic rings.